The number of halogens is 3. The number of allylic oxidation sites excluding steroid dienone is 1. The number of carbonyl (C=O) groups is 1. The van der Waals surface area contributed by atoms with Gasteiger partial charge in [-0.25, -0.2) is 0 Å². The number of aryl methyl sites for hydroxylation is 1. The molecule has 0 unspecified atom stereocenters. The van der Waals surface area contributed by atoms with Gasteiger partial charge in [0.1, 0.15) is 0 Å². The Kier molecular flexibility index (Phi) is 4.59. The molecular weight excluding hydrogens is 303 g/mol. The van der Waals surface area contributed by atoms with Gasteiger partial charge in [-0.05, 0) is 55.3 Å². The first-order chi connectivity index (χ1) is 10.7. The highest BCUT2D eigenvalue weighted by Gasteiger charge is 2.30. The van der Waals surface area contributed by atoms with E-state index in [0.29, 0.717) is 5.69 Å². The molecule has 2 nitrogen and oxygen atoms in total. The van der Waals surface area contributed by atoms with E-state index in [1.54, 1.807) is 12.1 Å². The summed E-state index contributed by atoms with van der Waals surface area (Å²) in [4.78, 5) is 12.2. The number of carbonyl (C=O) groups excluding carboxylic acids is 1. The van der Waals surface area contributed by atoms with Gasteiger partial charge in [-0.3, -0.25) is 4.79 Å². The maximum atomic E-state index is 12.7. The van der Waals surface area contributed by atoms with Gasteiger partial charge in [-0.2, -0.15) is 13.2 Å². The fraction of sp³-hybridized carbons (Fsp3) is 0.167. The Labute approximate surface area is 132 Å². The van der Waals surface area contributed by atoms with Crippen LogP contribution in [-0.4, -0.2) is 5.91 Å². The minimum absolute atomic E-state index is 0.0442. The summed E-state index contributed by atoms with van der Waals surface area (Å²) in [5.41, 5.74) is 2.36. The Balaban J connectivity index is 2.26. The van der Waals surface area contributed by atoms with E-state index in [4.69, 9.17) is 0 Å². The molecule has 2 aromatic carbocycles. The van der Waals surface area contributed by atoms with Crippen LogP contribution in [0, 0.1) is 6.92 Å². The summed E-state index contributed by atoms with van der Waals surface area (Å²) in [6, 6.07) is 9.61. The van der Waals surface area contributed by atoms with Crippen LogP contribution in [0.3, 0.4) is 0 Å². The van der Waals surface area contributed by atoms with Gasteiger partial charge >= 0.3 is 6.18 Å². The summed E-state index contributed by atoms with van der Waals surface area (Å²) in [6.07, 6.45) is -4.48. The molecule has 0 saturated heterocycles. The molecule has 0 radical (unpaired) electrons. The predicted molar refractivity (Wildman–Crippen MR) is 85.3 cm³/mol. The first kappa shape index (κ1) is 16.8. The van der Waals surface area contributed by atoms with Gasteiger partial charge < -0.3 is 5.32 Å². The van der Waals surface area contributed by atoms with Gasteiger partial charge in [0, 0.05) is 11.3 Å². The van der Waals surface area contributed by atoms with Crippen molar-refractivity contribution in [1.29, 1.82) is 0 Å². The standard InChI is InChI=1S/C18H16F3NO/c1-11(2)16-10-15(8-7-12(16)3)22-17(23)13-5-4-6-14(9-13)18(19,20)21/h4-10H,1H2,2-3H3,(H,22,23). The van der Waals surface area contributed by atoms with E-state index in [2.05, 4.69) is 11.9 Å². The lowest BCUT2D eigenvalue weighted by molar-refractivity contribution is -0.137. The number of hydrogen-bond donors (Lipinski definition) is 1. The first-order valence-electron chi connectivity index (χ1n) is 6.93. The molecule has 0 heterocycles. The van der Waals surface area contributed by atoms with Gasteiger partial charge in [0.25, 0.3) is 5.91 Å². The van der Waals surface area contributed by atoms with E-state index in [9.17, 15) is 18.0 Å². The molecule has 1 N–H and O–H groups in total. The van der Waals surface area contributed by atoms with Gasteiger partial charge in [0.15, 0.2) is 0 Å². The Bertz CT molecular complexity index is 763. The monoisotopic (exact) mass is 319 g/mol. The zero-order valence-corrected chi connectivity index (χ0v) is 12.8. The largest absolute Gasteiger partial charge is 0.416 e. The molecule has 2 aromatic rings. The molecule has 0 fully saturated rings. The molecule has 0 atom stereocenters. The van der Waals surface area contributed by atoms with Gasteiger partial charge in [-0.1, -0.05) is 24.3 Å². The molecule has 5 heteroatoms. The Hall–Kier alpha value is -2.56. The quantitative estimate of drug-likeness (QED) is 0.817. The Morgan fingerprint density at radius 3 is 2.43 bits per heavy atom. The maximum Gasteiger partial charge on any atom is 0.416 e. The van der Waals surface area contributed by atoms with Crippen LogP contribution in [0.15, 0.2) is 49.0 Å². The molecular formula is C18H16F3NO. The fourth-order valence-electron chi connectivity index (χ4n) is 2.20. The number of benzene rings is 2. The first-order valence-corrected chi connectivity index (χ1v) is 6.93. The molecule has 1 amide bonds. The zero-order valence-electron chi connectivity index (χ0n) is 12.8. The van der Waals surface area contributed by atoms with Gasteiger partial charge in [-0.15, -0.1) is 0 Å². The summed E-state index contributed by atoms with van der Waals surface area (Å²) in [7, 11) is 0. The summed E-state index contributed by atoms with van der Waals surface area (Å²) in [5.74, 6) is -0.590. The lowest BCUT2D eigenvalue weighted by atomic mass is 10.0. The van der Waals surface area contributed by atoms with Crippen molar-refractivity contribution in [2.75, 3.05) is 5.32 Å². The molecule has 0 aliphatic rings. The van der Waals surface area contributed by atoms with Crippen LogP contribution in [0.25, 0.3) is 5.57 Å². The van der Waals surface area contributed by atoms with Crippen molar-refractivity contribution in [3.8, 4) is 0 Å². The Morgan fingerprint density at radius 1 is 1.13 bits per heavy atom. The molecule has 0 bridgehead atoms. The van der Waals surface area contributed by atoms with Crippen LogP contribution in [0.1, 0.15) is 34.0 Å². The van der Waals surface area contributed by atoms with Crippen LogP contribution in [0.2, 0.25) is 0 Å². The van der Waals surface area contributed by atoms with Crippen LogP contribution < -0.4 is 5.32 Å². The van der Waals surface area contributed by atoms with Crippen LogP contribution in [0.4, 0.5) is 18.9 Å². The average Bonchev–Trinajstić information content (AvgIpc) is 2.48. The van der Waals surface area contributed by atoms with Crippen molar-refractivity contribution in [2.24, 2.45) is 0 Å². The van der Waals surface area contributed by atoms with Crippen molar-refractivity contribution >= 4 is 17.2 Å². The highest BCUT2D eigenvalue weighted by atomic mass is 19.4. The van der Waals surface area contributed by atoms with Gasteiger partial charge in [0.2, 0.25) is 0 Å². The normalized spacial score (nSPS) is 11.2. The van der Waals surface area contributed by atoms with Crippen molar-refractivity contribution in [3.05, 3.63) is 71.3 Å². The average molecular weight is 319 g/mol. The van der Waals surface area contributed by atoms with E-state index in [1.165, 1.54) is 12.1 Å². The molecule has 2 rings (SSSR count). The summed E-state index contributed by atoms with van der Waals surface area (Å²) < 4.78 is 38.1. The third-order valence-corrected chi connectivity index (χ3v) is 3.41. The third-order valence-electron chi connectivity index (χ3n) is 3.41. The topological polar surface area (TPSA) is 29.1 Å². The van der Waals surface area contributed by atoms with Crippen molar-refractivity contribution < 1.29 is 18.0 Å². The number of rotatable bonds is 3. The van der Waals surface area contributed by atoms with E-state index in [0.717, 1.165) is 28.8 Å². The predicted octanol–water partition coefficient (Wildman–Crippen LogP) is 5.30. The van der Waals surface area contributed by atoms with E-state index < -0.39 is 17.6 Å². The van der Waals surface area contributed by atoms with E-state index >= 15 is 0 Å². The molecule has 0 aromatic heterocycles. The number of amides is 1. The van der Waals surface area contributed by atoms with Crippen LogP contribution in [0.5, 0.6) is 0 Å². The Morgan fingerprint density at radius 2 is 1.83 bits per heavy atom. The molecule has 120 valence electrons. The molecule has 23 heavy (non-hydrogen) atoms. The van der Waals surface area contributed by atoms with E-state index in [1.807, 2.05) is 19.9 Å². The number of nitrogens with one attached hydrogen (secondary N) is 1. The highest BCUT2D eigenvalue weighted by molar-refractivity contribution is 6.04. The number of anilines is 1. The molecule has 0 aliphatic carbocycles. The number of hydrogen-bond acceptors (Lipinski definition) is 1. The zero-order chi connectivity index (χ0) is 17.2. The second kappa shape index (κ2) is 6.28. The van der Waals surface area contributed by atoms with E-state index in [-0.39, 0.29) is 5.56 Å². The summed E-state index contributed by atoms with van der Waals surface area (Å²) >= 11 is 0. The smallest absolute Gasteiger partial charge is 0.322 e. The minimum atomic E-state index is -4.48. The molecule has 0 aliphatic heterocycles. The number of alkyl halides is 3. The van der Waals surface area contributed by atoms with Crippen LogP contribution in [-0.2, 0) is 6.18 Å². The van der Waals surface area contributed by atoms with Crippen molar-refractivity contribution in [2.45, 2.75) is 20.0 Å². The lowest BCUT2D eigenvalue weighted by Crippen LogP contribution is -2.14. The fourth-order valence-corrected chi connectivity index (χ4v) is 2.20. The summed E-state index contributed by atoms with van der Waals surface area (Å²) in [5, 5.41) is 2.61. The maximum absolute atomic E-state index is 12.7. The van der Waals surface area contributed by atoms with Gasteiger partial charge in [0.05, 0.1) is 5.56 Å². The second-order valence-electron chi connectivity index (χ2n) is 5.34. The SMILES string of the molecule is C=C(C)c1cc(NC(=O)c2cccc(C(F)(F)F)c2)ccc1C. The van der Waals surface area contributed by atoms with Crippen molar-refractivity contribution in [1.82, 2.24) is 0 Å². The lowest BCUT2D eigenvalue weighted by Gasteiger charge is -2.11. The third kappa shape index (κ3) is 4.00. The minimum Gasteiger partial charge on any atom is -0.322 e. The van der Waals surface area contributed by atoms with Crippen molar-refractivity contribution in [3.63, 3.8) is 0 Å². The highest BCUT2D eigenvalue weighted by Crippen LogP contribution is 2.29. The molecule has 0 saturated carbocycles. The molecule has 0 spiro atoms. The second-order valence-corrected chi connectivity index (χ2v) is 5.34. The summed E-state index contributed by atoms with van der Waals surface area (Å²) in [6.45, 7) is 7.63. The van der Waals surface area contributed by atoms with Crippen LogP contribution >= 0.6 is 0 Å².